The van der Waals surface area contributed by atoms with Crippen LogP contribution < -0.4 is 0 Å². The summed E-state index contributed by atoms with van der Waals surface area (Å²) in [6.07, 6.45) is 47.3. The zero-order valence-corrected chi connectivity index (χ0v) is 44.7. The first-order valence-electron chi connectivity index (χ1n) is 28.5. The molecule has 0 saturated heterocycles. The molecule has 0 aliphatic heterocycles. The maximum atomic E-state index is 2.58. The van der Waals surface area contributed by atoms with E-state index < -0.39 is 0 Å². The molecular formula is C60H120. The molecule has 2 saturated carbocycles. The van der Waals surface area contributed by atoms with Crippen LogP contribution in [0.5, 0.6) is 0 Å². The van der Waals surface area contributed by atoms with E-state index in [0.717, 1.165) is 82.9 Å². The molecule has 60 heavy (non-hydrogen) atoms. The average Bonchev–Trinajstić information content (AvgIpc) is 3.18. The molecule has 0 aromatic heterocycles. The second-order valence-corrected chi connectivity index (χ2v) is 25.0. The monoisotopic (exact) mass is 841 g/mol. The molecule has 0 amide bonds. The van der Waals surface area contributed by atoms with Gasteiger partial charge in [-0.1, -0.05) is 283 Å². The van der Waals surface area contributed by atoms with Crippen molar-refractivity contribution in [3.63, 3.8) is 0 Å². The maximum absolute atomic E-state index is 2.58. The van der Waals surface area contributed by atoms with Crippen LogP contribution in [0.25, 0.3) is 0 Å². The average molecular weight is 842 g/mol. The molecule has 0 radical (unpaired) electrons. The second kappa shape index (κ2) is 36.2. The Labute approximate surface area is 383 Å². The van der Waals surface area contributed by atoms with Crippen LogP contribution in [0.4, 0.5) is 0 Å². The highest BCUT2D eigenvalue weighted by Gasteiger charge is 2.27. The smallest absolute Gasteiger partial charge is 0.0386 e. The molecule has 2 aliphatic rings. The highest BCUT2D eigenvalue weighted by atomic mass is 14.3. The van der Waals surface area contributed by atoms with Gasteiger partial charge in [-0.3, -0.25) is 0 Å². The van der Waals surface area contributed by atoms with Crippen molar-refractivity contribution in [3.8, 4) is 0 Å². The van der Waals surface area contributed by atoms with Crippen LogP contribution in [0.2, 0.25) is 0 Å². The third-order valence-corrected chi connectivity index (χ3v) is 16.6. The van der Waals surface area contributed by atoms with E-state index in [-0.39, 0.29) is 0 Å². The van der Waals surface area contributed by atoms with Crippen molar-refractivity contribution in [2.45, 2.75) is 302 Å². The van der Waals surface area contributed by atoms with Crippen LogP contribution >= 0.6 is 0 Å². The summed E-state index contributed by atoms with van der Waals surface area (Å²) >= 11 is 0. The molecule has 2 fully saturated rings. The largest absolute Gasteiger partial charge is 0.0628 e. The first kappa shape index (κ1) is 58.0. The molecule has 0 aromatic rings. The minimum Gasteiger partial charge on any atom is -0.0628 e. The van der Waals surface area contributed by atoms with Crippen LogP contribution in [0.1, 0.15) is 302 Å². The van der Waals surface area contributed by atoms with E-state index in [4.69, 9.17) is 0 Å². The van der Waals surface area contributed by atoms with Gasteiger partial charge in [-0.25, -0.2) is 0 Å². The Balaban J connectivity index is 0.000000600. The Morgan fingerprint density at radius 3 is 0.967 bits per heavy atom. The van der Waals surface area contributed by atoms with Crippen molar-refractivity contribution in [2.75, 3.05) is 0 Å². The van der Waals surface area contributed by atoms with Gasteiger partial charge in [0.05, 0.1) is 0 Å². The van der Waals surface area contributed by atoms with Crippen LogP contribution in [0, 0.1) is 82.9 Å². The summed E-state index contributed by atoms with van der Waals surface area (Å²) in [6.45, 7) is 34.0. The standard InChI is InChI=1S/2C30H60/c1-24(2)13-8-15-26(5)17-10-19-28(7)30-22-12-21-29(23-30)20-11-18-27(6)16-9-14-25(3)4;1-24(2)12-8-14-26(5)16-10-18-28(7)30-22-20-29(21-23-30)19-11-17-27(6)15-9-13-25(3)4/h2*24-30H,8-23H2,1-7H3. The Kier molecular flexibility index (Phi) is 35.0. The van der Waals surface area contributed by atoms with E-state index in [2.05, 4.69) is 96.9 Å². The lowest BCUT2D eigenvalue weighted by Crippen LogP contribution is -2.21. The lowest BCUT2D eigenvalue weighted by Gasteiger charge is -2.33. The van der Waals surface area contributed by atoms with Gasteiger partial charge in [0.25, 0.3) is 0 Å². The Morgan fingerprint density at radius 1 is 0.283 bits per heavy atom. The van der Waals surface area contributed by atoms with Gasteiger partial charge < -0.3 is 0 Å². The van der Waals surface area contributed by atoms with E-state index >= 15 is 0 Å². The van der Waals surface area contributed by atoms with Crippen molar-refractivity contribution in [3.05, 3.63) is 0 Å². The molecule has 2 rings (SSSR count). The van der Waals surface area contributed by atoms with Crippen LogP contribution in [-0.4, -0.2) is 0 Å². The third-order valence-electron chi connectivity index (χ3n) is 16.6. The molecule has 0 bridgehead atoms. The minimum absolute atomic E-state index is 0.879. The van der Waals surface area contributed by atoms with Gasteiger partial charge in [-0.05, 0) is 102 Å². The van der Waals surface area contributed by atoms with Crippen molar-refractivity contribution in [1.29, 1.82) is 0 Å². The lowest BCUT2D eigenvalue weighted by molar-refractivity contribution is 0.183. The molecule has 0 heteroatoms. The van der Waals surface area contributed by atoms with E-state index in [9.17, 15) is 0 Å². The van der Waals surface area contributed by atoms with Gasteiger partial charge >= 0.3 is 0 Å². The Morgan fingerprint density at radius 2 is 0.600 bits per heavy atom. The molecule has 0 aromatic carbocycles. The summed E-state index contributed by atoms with van der Waals surface area (Å²) in [6, 6.07) is 0. The Hall–Kier alpha value is 0. The van der Waals surface area contributed by atoms with Gasteiger partial charge in [0, 0.05) is 0 Å². The summed E-state index contributed by atoms with van der Waals surface area (Å²) in [5.74, 6) is 13.4. The number of hydrogen-bond donors (Lipinski definition) is 0. The van der Waals surface area contributed by atoms with Gasteiger partial charge in [0.1, 0.15) is 0 Å². The van der Waals surface area contributed by atoms with Crippen LogP contribution in [0.3, 0.4) is 0 Å². The van der Waals surface area contributed by atoms with Gasteiger partial charge in [-0.2, -0.15) is 0 Å². The van der Waals surface area contributed by atoms with Gasteiger partial charge in [0.2, 0.25) is 0 Å². The van der Waals surface area contributed by atoms with Gasteiger partial charge in [-0.15, -0.1) is 0 Å². The fraction of sp³-hybridized carbons (Fsp3) is 1.00. The fourth-order valence-corrected chi connectivity index (χ4v) is 11.8. The predicted octanol–water partition coefficient (Wildman–Crippen LogP) is 21.4. The normalized spacial score (nSPS) is 23.1. The molecule has 0 N–H and O–H groups in total. The summed E-state index contributed by atoms with van der Waals surface area (Å²) in [5.41, 5.74) is 0. The highest BCUT2D eigenvalue weighted by Crippen LogP contribution is 2.40. The quantitative estimate of drug-likeness (QED) is 0.0606. The number of rotatable bonds is 34. The molecule has 0 spiro atoms. The second-order valence-electron chi connectivity index (χ2n) is 25.0. The molecule has 0 heterocycles. The third kappa shape index (κ3) is 32.6. The van der Waals surface area contributed by atoms with E-state index in [1.54, 1.807) is 6.42 Å². The van der Waals surface area contributed by atoms with E-state index in [1.807, 2.05) is 0 Å². The predicted molar refractivity (Wildman–Crippen MR) is 276 cm³/mol. The number of hydrogen-bond acceptors (Lipinski definition) is 0. The highest BCUT2D eigenvalue weighted by molar-refractivity contribution is 4.79. The Bertz CT molecular complexity index is 879. The molecule has 2 aliphatic carbocycles. The molecular weight excluding hydrogens is 721 g/mol. The zero-order valence-electron chi connectivity index (χ0n) is 44.7. The van der Waals surface area contributed by atoms with Crippen molar-refractivity contribution in [1.82, 2.24) is 0 Å². The van der Waals surface area contributed by atoms with Crippen LogP contribution in [-0.2, 0) is 0 Å². The van der Waals surface area contributed by atoms with Crippen molar-refractivity contribution < 1.29 is 0 Å². The summed E-state index contributed by atoms with van der Waals surface area (Å²) in [4.78, 5) is 0. The first-order valence-corrected chi connectivity index (χ1v) is 28.5. The lowest BCUT2D eigenvalue weighted by atomic mass is 9.72. The summed E-state index contributed by atoms with van der Waals surface area (Å²) in [5, 5.41) is 0. The SMILES string of the molecule is CC(C)CCCC(C)CCCC1CCC(C(C)CCCC(C)CCCC(C)C)CC1.CC(C)CCCC(C)CCCC1CCCC(C(C)CCCC(C)CCCC(C)C)C1. The molecule has 8 atom stereocenters. The molecule has 0 nitrogen and oxygen atoms in total. The zero-order chi connectivity index (χ0) is 44.7. The van der Waals surface area contributed by atoms with Gasteiger partial charge in [0.15, 0.2) is 0 Å². The first-order chi connectivity index (χ1) is 28.5. The minimum atomic E-state index is 0.879. The van der Waals surface area contributed by atoms with Crippen molar-refractivity contribution in [2.24, 2.45) is 82.9 Å². The summed E-state index contributed by atoms with van der Waals surface area (Å²) < 4.78 is 0. The molecule has 360 valence electrons. The van der Waals surface area contributed by atoms with E-state index in [0.29, 0.717) is 0 Å². The van der Waals surface area contributed by atoms with E-state index in [1.165, 1.54) is 199 Å². The van der Waals surface area contributed by atoms with Crippen LogP contribution in [0.15, 0.2) is 0 Å². The topological polar surface area (TPSA) is 0 Å². The fourth-order valence-electron chi connectivity index (χ4n) is 11.8. The molecule has 8 unspecified atom stereocenters. The van der Waals surface area contributed by atoms with Crippen molar-refractivity contribution >= 4 is 0 Å². The summed E-state index contributed by atoms with van der Waals surface area (Å²) in [7, 11) is 0. The maximum Gasteiger partial charge on any atom is -0.0386 e.